The molecule has 1 aliphatic heterocycles. The second-order valence-corrected chi connectivity index (χ2v) is 4.21. The maximum Gasteiger partial charge on any atom is 0.315 e. The topological polar surface area (TPSA) is 58.6 Å². The van der Waals surface area contributed by atoms with E-state index in [0.29, 0.717) is 0 Å². The average Bonchev–Trinajstić information content (AvgIpc) is 3.11. The lowest BCUT2D eigenvalue weighted by Gasteiger charge is -2.34. The highest BCUT2D eigenvalue weighted by molar-refractivity contribution is 5.89. The highest BCUT2D eigenvalue weighted by Gasteiger charge is 2.38. The summed E-state index contributed by atoms with van der Waals surface area (Å²) in [7, 11) is 0. The Labute approximate surface area is 97.1 Å². The molecule has 1 aliphatic carbocycles. The van der Waals surface area contributed by atoms with Crippen molar-refractivity contribution in [3.63, 3.8) is 0 Å². The molecule has 7 heteroatoms. The third-order valence-electron chi connectivity index (χ3n) is 2.82. The summed E-state index contributed by atoms with van der Waals surface area (Å²) < 4.78 is 29.8. The molecule has 0 spiro atoms. The van der Waals surface area contributed by atoms with Crippen LogP contribution in [0, 0.1) is 0 Å². The molecule has 5 nitrogen and oxygen atoms in total. The number of nitrogens with one attached hydrogen (secondary N) is 1. The van der Waals surface area contributed by atoms with Gasteiger partial charge in [-0.3, -0.25) is 9.59 Å². The van der Waals surface area contributed by atoms with Crippen molar-refractivity contribution in [2.75, 3.05) is 19.8 Å². The fraction of sp³-hybridized carbons (Fsp3) is 0.800. The summed E-state index contributed by atoms with van der Waals surface area (Å²) in [5.74, 6) is -1.70. The first-order chi connectivity index (χ1) is 8.09. The van der Waals surface area contributed by atoms with E-state index in [4.69, 9.17) is 4.74 Å². The lowest BCUT2D eigenvalue weighted by atomic mass is 10.2. The van der Waals surface area contributed by atoms with Gasteiger partial charge in [-0.05, 0) is 12.8 Å². The Balaban J connectivity index is 2.00. The van der Waals surface area contributed by atoms with Gasteiger partial charge in [0.25, 0.3) is 5.91 Å². The Bertz CT molecular complexity index is 321. The SMILES string of the molecule is O=C(NC1CC1)C1COCCN1C(=O)C(F)F. The summed E-state index contributed by atoms with van der Waals surface area (Å²) in [5, 5.41) is 2.69. The molecule has 2 fully saturated rings. The van der Waals surface area contributed by atoms with Gasteiger partial charge in [-0.15, -0.1) is 0 Å². The second kappa shape index (κ2) is 4.95. The number of hydrogen-bond acceptors (Lipinski definition) is 3. The van der Waals surface area contributed by atoms with Gasteiger partial charge in [0.05, 0.1) is 13.2 Å². The molecule has 96 valence electrons. The maximum atomic E-state index is 12.4. The Morgan fingerprint density at radius 2 is 2.06 bits per heavy atom. The normalized spacial score (nSPS) is 24.9. The van der Waals surface area contributed by atoms with Crippen LogP contribution in [-0.4, -0.2) is 55.0 Å². The number of alkyl halides is 2. The maximum absolute atomic E-state index is 12.4. The van der Waals surface area contributed by atoms with Crippen LogP contribution < -0.4 is 5.32 Å². The van der Waals surface area contributed by atoms with Crippen LogP contribution in [-0.2, 0) is 14.3 Å². The monoisotopic (exact) mass is 248 g/mol. The van der Waals surface area contributed by atoms with E-state index in [1.807, 2.05) is 0 Å². The molecule has 2 amide bonds. The molecule has 1 unspecified atom stereocenters. The van der Waals surface area contributed by atoms with Crippen LogP contribution in [0.25, 0.3) is 0 Å². The van der Waals surface area contributed by atoms with E-state index in [9.17, 15) is 18.4 Å². The van der Waals surface area contributed by atoms with Crippen LogP contribution in [0.1, 0.15) is 12.8 Å². The summed E-state index contributed by atoms with van der Waals surface area (Å²) in [4.78, 5) is 23.9. The second-order valence-electron chi connectivity index (χ2n) is 4.21. The first kappa shape index (κ1) is 12.2. The van der Waals surface area contributed by atoms with Gasteiger partial charge in [-0.1, -0.05) is 0 Å². The van der Waals surface area contributed by atoms with E-state index in [1.54, 1.807) is 0 Å². The number of morpholine rings is 1. The summed E-state index contributed by atoms with van der Waals surface area (Å²) >= 11 is 0. The number of ether oxygens (including phenoxy) is 1. The first-order valence-electron chi connectivity index (χ1n) is 5.56. The van der Waals surface area contributed by atoms with E-state index in [-0.39, 0.29) is 25.8 Å². The van der Waals surface area contributed by atoms with Gasteiger partial charge in [0, 0.05) is 12.6 Å². The summed E-state index contributed by atoms with van der Waals surface area (Å²) in [6.07, 6.45) is -1.27. The van der Waals surface area contributed by atoms with Crippen molar-refractivity contribution in [3.05, 3.63) is 0 Å². The predicted octanol–water partition coefficient (Wildman–Crippen LogP) is -0.243. The number of amides is 2. The number of halogens is 2. The largest absolute Gasteiger partial charge is 0.377 e. The van der Waals surface area contributed by atoms with Gasteiger partial charge in [-0.2, -0.15) is 8.78 Å². The fourth-order valence-corrected chi connectivity index (χ4v) is 1.74. The van der Waals surface area contributed by atoms with Crippen molar-refractivity contribution in [2.45, 2.75) is 31.4 Å². The quantitative estimate of drug-likeness (QED) is 0.749. The van der Waals surface area contributed by atoms with Gasteiger partial charge in [-0.25, -0.2) is 0 Å². The Hall–Kier alpha value is -1.24. The minimum absolute atomic E-state index is 0.0169. The third kappa shape index (κ3) is 2.91. The van der Waals surface area contributed by atoms with Crippen molar-refractivity contribution in [1.82, 2.24) is 10.2 Å². The van der Waals surface area contributed by atoms with Crippen molar-refractivity contribution in [2.24, 2.45) is 0 Å². The summed E-state index contributed by atoms with van der Waals surface area (Å²) in [6, 6.07) is -0.793. The van der Waals surface area contributed by atoms with Gasteiger partial charge in [0.2, 0.25) is 5.91 Å². The molecule has 0 bridgehead atoms. The Kier molecular flexibility index (Phi) is 3.56. The zero-order valence-electron chi connectivity index (χ0n) is 9.20. The zero-order valence-corrected chi connectivity index (χ0v) is 9.20. The molecule has 2 rings (SSSR count). The standard InChI is InChI=1S/C10H14F2N2O3/c11-8(12)10(16)14-3-4-17-5-7(14)9(15)13-6-1-2-6/h6-8H,1-5H2,(H,13,15). The van der Waals surface area contributed by atoms with Gasteiger partial charge >= 0.3 is 6.43 Å². The number of rotatable bonds is 3. The molecule has 0 aromatic heterocycles. The van der Waals surface area contributed by atoms with E-state index < -0.39 is 24.3 Å². The molecule has 1 saturated carbocycles. The lowest BCUT2D eigenvalue weighted by Crippen LogP contribution is -2.57. The third-order valence-corrected chi connectivity index (χ3v) is 2.82. The van der Waals surface area contributed by atoms with E-state index in [1.165, 1.54) is 0 Å². The van der Waals surface area contributed by atoms with Crippen molar-refractivity contribution >= 4 is 11.8 Å². The molecule has 17 heavy (non-hydrogen) atoms. The van der Waals surface area contributed by atoms with E-state index in [2.05, 4.69) is 5.32 Å². The van der Waals surface area contributed by atoms with Crippen molar-refractivity contribution < 1.29 is 23.1 Å². The molecule has 0 aromatic carbocycles. The molecule has 1 N–H and O–H groups in total. The first-order valence-corrected chi connectivity index (χ1v) is 5.56. The molecule has 1 atom stereocenters. The van der Waals surface area contributed by atoms with Crippen LogP contribution >= 0.6 is 0 Å². The van der Waals surface area contributed by atoms with Crippen molar-refractivity contribution in [1.29, 1.82) is 0 Å². The molecular weight excluding hydrogens is 234 g/mol. The van der Waals surface area contributed by atoms with Crippen LogP contribution in [0.15, 0.2) is 0 Å². The Morgan fingerprint density at radius 1 is 1.35 bits per heavy atom. The van der Waals surface area contributed by atoms with E-state index in [0.717, 1.165) is 17.7 Å². The van der Waals surface area contributed by atoms with Crippen LogP contribution in [0.5, 0.6) is 0 Å². The smallest absolute Gasteiger partial charge is 0.315 e. The van der Waals surface area contributed by atoms with Crippen molar-refractivity contribution in [3.8, 4) is 0 Å². The molecule has 1 heterocycles. The summed E-state index contributed by atoms with van der Waals surface area (Å²) in [5.41, 5.74) is 0. The number of carbonyl (C=O) groups is 2. The van der Waals surface area contributed by atoms with Gasteiger partial charge < -0.3 is 15.0 Å². The fourth-order valence-electron chi connectivity index (χ4n) is 1.74. The highest BCUT2D eigenvalue weighted by atomic mass is 19.3. The molecule has 0 radical (unpaired) electrons. The minimum Gasteiger partial charge on any atom is -0.377 e. The predicted molar refractivity (Wildman–Crippen MR) is 53.5 cm³/mol. The van der Waals surface area contributed by atoms with Crippen LogP contribution in [0.3, 0.4) is 0 Å². The lowest BCUT2D eigenvalue weighted by molar-refractivity contribution is -0.157. The van der Waals surface area contributed by atoms with E-state index >= 15 is 0 Å². The van der Waals surface area contributed by atoms with Gasteiger partial charge in [0.1, 0.15) is 6.04 Å². The van der Waals surface area contributed by atoms with Crippen LogP contribution in [0.4, 0.5) is 8.78 Å². The molecule has 1 saturated heterocycles. The highest BCUT2D eigenvalue weighted by Crippen LogP contribution is 2.20. The average molecular weight is 248 g/mol. The number of hydrogen-bond donors (Lipinski definition) is 1. The van der Waals surface area contributed by atoms with Gasteiger partial charge in [0.15, 0.2) is 0 Å². The minimum atomic E-state index is -3.08. The zero-order chi connectivity index (χ0) is 12.4. The Morgan fingerprint density at radius 3 is 2.65 bits per heavy atom. The number of nitrogens with zero attached hydrogens (tertiary/aromatic N) is 1. The molecule has 2 aliphatic rings. The molecular formula is C10H14F2N2O3. The number of carbonyl (C=O) groups excluding carboxylic acids is 2. The molecule has 0 aromatic rings. The van der Waals surface area contributed by atoms with Crippen LogP contribution in [0.2, 0.25) is 0 Å². The summed E-state index contributed by atoms with van der Waals surface area (Å²) in [6.45, 7) is 0.203.